The van der Waals surface area contributed by atoms with Crippen molar-refractivity contribution in [3.63, 3.8) is 0 Å². The minimum Gasteiger partial charge on any atom is -0.484 e. The Labute approximate surface area is 127 Å². The highest BCUT2D eigenvalue weighted by Gasteiger charge is 2.22. The van der Waals surface area contributed by atoms with E-state index in [1.165, 1.54) is 0 Å². The molecule has 21 heavy (non-hydrogen) atoms. The average Bonchev–Trinajstić information content (AvgIpc) is 3.03. The first kappa shape index (κ1) is 14.0. The van der Waals surface area contributed by atoms with Crippen LogP contribution in [-0.2, 0) is 12.0 Å². The maximum absolute atomic E-state index is 5.86. The molecule has 3 aromatic rings. The monoisotopic (exact) mass is 303 g/mol. The SMILES string of the molecule is Cc1cc(OCc2noc(C(C)(C)C)n2)c2sccc2n1. The molecular formula is C15H17N3O2S. The molecule has 0 aromatic carbocycles. The topological polar surface area (TPSA) is 61.0 Å². The zero-order chi connectivity index (χ0) is 15.0. The van der Waals surface area contributed by atoms with Gasteiger partial charge in [0.05, 0.1) is 10.2 Å². The van der Waals surface area contributed by atoms with Crippen molar-refractivity contribution in [1.82, 2.24) is 15.1 Å². The van der Waals surface area contributed by atoms with Crippen LogP contribution in [0.3, 0.4) is 0 Å². The van der Waals surface area contributed by atoms with E-state index in [4.69, 9.17) is 9.26 Å². The Bertz CT molecular complexity index is 771. The predicted octanol–water partition coefficient (Wildman–Crippen LogP) is 3.86. The standard InChI is InChI=1S/C15H17N3O2S/c1-9-7-11(13-10(16-9)5-6-21-13)19-8-12-17-14(20-18-12)15(2,3)4/h5-7H,8H2,1-4H3. The molecule has 0 saturated heterocycles. The van der Waals surface area contributed by atoms with Crippen molar-refractivity contribution in [3.05, 3.63) is 34.9 Å². The van der Waals surface area contributed by atoms with E-state index < -0.39 is 0 Å². The lowest BCUT2D eigenvalue weighted by Crippen LogP contribution is -2.11. The highest BCUT2D eigenvalue weighted by molar-refractivity contribution is 7.17. The minimum atomic E-state index is -0.153. The Morgan fingerprint density at radius 1 is 1.29 bits per heavy atom. The summed E-state index contributed by atoms with van der Waals surface area (Å²) in [6, 6.07) is 3.93. The highest BCUT2D eigenvalue weighted by Crippen LogP contribution is 2.30. The van der Waals surface area contributed by atoms with Gasteiger partial charge in [0.15, 0.2) is 6.61 Å². The van der Waals surface area contributed by atoms with Crippen LogP contribution in [0.5, 0.6) is 5.75 Å². The maximum atomic E-state index is 5.86. The molecule has 0 saturated carbocycles. The molecular weight excluding hydrogens is 286 g/mol. The number of aromatic nitrogens is 3. The number of rotatable bonds is 3. The summed E-state index contributed by atoms with van der Waals surface area (Å²) in [5.74, 6) is 1.99. The van der Waals surface area contributed by atoms with Crippen molar-refractivity contribution < 1.29 is 9.26 Å². The van der Waals surface area contributed by atoms with E-state index in [1.54, 1.807) is 11.3 Å². The van der Waals surface area contributed by atoms with E-state index in [2.05, 4.69) is 15.1 Å². The van der Waals surface area contributed by atoms with E-state index >= 15 is 0 Å². The van der Waals surface area contributed by atoms with Crippen LogP contribution in [0.1, 0.15) is 38.2 Å². The van der Waals surface area contributed by atoms with Gasteiger partial charge in [0.1, 0.15) is 5.75 Å². The Morgan fingerprint density at radius 3 is 2.81 bits per heavy atom. The zero-order valence-corrected chi connectivity index (χ0v) is 13.3. The first-order valence-electron chi connectivity index (χ1n) is 6.74. The van der Waals surface area contributed by atoms with E-state index in [9.17, 15) is 0 Å². The fourth-order valence-electron chi connectivity index (χ4n) is 1.92. The molecule has 0 N–H and O–H groups in total. The summed E-state index contributed by atoms with van der Waals surface area (Å²) in [4.78, 5) is 8.84. The molecule has 0 spiro atoms. The van der Waals surface area contributed by atoms with Gasteiger partial charge in [0.25, 0.3) is 0 Å². The van der Waals surface area contributed by atoms with Crippen LogP contribution in [-0.4, -0.2) is 15.1 Å². The first-order valence-corrected chi connectivity index (χ1v) is 7.62. The number of hydrogen-bond acceptors (Lipinski definition) is 6. The van der Waals surface area contributed by atoms with Crippen LogP contribution in [0.2, 0.25) is 0 Å². The molecule has 110 valence electrons. The largest absolute Gasteiger partial charge is 0.484 e. The van der Waals surface area contributed by atoms with Crippen LogP contribution in [0.25, 0.3) is 10.2 Å². The third-order valence-corrected chi connectivity index (χ3v) is 3.89. The second-order valence-corrected chi connectivity index (χ2v) is 6.87. The van der Waals surface area contributed by atoms with E-state index in [-0.39, 0.29) is 12.0 Å². The number of thiophene rings is 1. The van der Waals surface area contributed by atoms with Gasteiger partial charge >= 0.3 is 0 Å². The maximum Gasteiger partial charge on any atom is 0.232 e. The van der Waals surface area contributed by atoms with Gasteiger partial charge in [-0.25, -0.2) is 0 Å². The van der Waals surface area contributed by atoms with Crippen molar-refractivity contribution in [1.29, 1.82) is 0 Å². The van der Waals surface area contributed by atoms with Crippen LogP contribution in [0, 0.1) is 6.92 Å². The van der Waals surface area contributed by atoms with Crippen LogP contribution in [0.15, 0.2) is 22.0 Å². The lowest BCUT2D eigenvalue weighted by molar-refractivity contribution is 0.282. The molecule has 3 rings (SSSR count). The van der Waals surface area contributed by atoms with Gasteiger partial charge < -0.3 is 9.26 Å². The number of fused-ring (bicyclic) bond motifs is 1. The highest BCUT2D eigenvalue weighted by atomic mass is 32.1. The summed E-state index contributed by atoms with van der Waals surface area (Å²) in [7, 11) is 0. The summed E-state index contributed by atoms with van der Waals surface area (Å²) in [5.41, 5.74) is 1.73. The molecule has 0 unspecified atom stereocenters. The third kappa shape index (κ3) is 2.90. The van der Waals surface area contributed by atoms with Crippen molar-refractivity contribution >= 4 is 21.6 Å². The molecule has 0 bridgehead atoms. The molecule has 0 amide bonds. The van der Waals surface area contributed by atoms with Gasteiger partial charge in [0.2, 0.25) is 11.7 Å². The molecule has 0 fully saturated rings. The van der Waals surface area contributed by atoms with Gasteiger partial charge in [-0.1, -0.05) is 25.9 Å². The summed E-state index contributed by atoms with van der Waals surface area (Å²) < 4.78 is 12.2. The van der Waals surface area contributed by atoms with Crippen molar-refractivity contribution in [2.45, 2.75) is 39.7 Å². The Morgan fingerprint density at radius 2 is 2.10 bits per heavy atom. The zero-order valence-electron chi connectivity index (χ0n) is 12.5. The quantitative estimate of drug-likeness (QED) is 0.735. The second-order valence-electron chi connectivity index (χ2n) is 5.95. The normalized spacial score (nSPS) is 12.0. The predicted molar refractivity (Wildman–Crippen MR) is 81.7 cm³/mol. The third-order valence-electron chi connectivity index (χ3n) is 2.97. The lowest BCUT2D eigenvalue weighted by Gasteiger charge is -2.10. The molecule has 5 nitrogen and oxygen atoms in total. The Kier molecular flexibility index (Phi) is 3.41. The van der Waals surface area contributed by atoms with E-state index in [1.807, 2.05) is 45.2 Å². The average molecular weight is 303 g/mol. The molecule has 0 radical (unpaired) electrons. The number of aryl methyl sites for hydroxylation is 1. The molecule has 3 heterocycles. The fraction of sp³-hybridized carbons (Fsp3) is 0.400. The molecule has 0 atom stereocenters. The van der Waals surface area contributed by atoms with Crippen LogP contribution >= 0.6 is 11.3 Å². The molecule has 6 heteroatoms. The van der Waals surface area contributed by atoms with Crippen LogP contribution < -0.4 is 4.74 Å². The molecule has 0 aliphatic rings. The van der Waals surface area contributed by atoms with Crippen molar-refractivity contribution in [2.24, 2.45) is 0 Å². The van der Waals surface area contributed by atoms with Crippen molar-refractivity contribution in [2.75, 3.05) is 0 Å². The number of pyridine rings is 1. The van der Waals surface area contributed by atoms with Gasteiger partial charge in [-0.2, -0.15) is 4.98 Å². The smallest absolute Gasteiger partial charge is 0.232 e. The van der Waals surface area contributed by atoms with Crippen molar-refractivity contribution in [3.8, 4) is 5.75 Å². The first-order chi connectivity index (χ1) is 9.93. The number of ether oxygens (including phenoxy) is 1. The second kappa shape index (κ2) is 5.11. The summed E-state index contributed by atoms with van der Waals surface area (Å²) in [6.45, 7) is 8.34. The lowest BCUT2D eigenvalue weighted by atomic mass is 9.97. The van der Waals surface area contributed by atoms with Gasteiger partial charge in [0, 0.05) is 17.2 Å². The summed E-state index contributed by atoms with van der Waals surface area (Å²) >= 11 is 1.62. The summed E-state index contributed by atoms with van der Waals surface area (Å²) in [6.07, 6.45) is 0. The van der Waals surface area contributed by atoms with E-state index in [0.717, 1.165) is 21.7 Å². The Balaban J connectivity index is 1.80. The molecule has 0 aliphatic carbocycles. The molecule has 0 aliphatic heterocycles. The Hall–Kier alpha value is -1.95. The summed E-state index contributed by atoms with van der Waals surface area (Å²) in [5, 5.41) is 5.97. The number of hydrogen-bond donors (Lipinski definition) is 0. The fourth-order valence-corrected chi connectivity index (χ4v) is 2.72. The minimum absolute atomic E-state index is 0.153. The van der Waals surface area contributed by atoms with Gasteiger partial charge in [-0.05, 0) is 18.4 Å². The number of nitrogens with zero attached hydrogens (tertiary/aromatic N) is 3. The van der Waals surface area contributed by atoms with Gasteiger partial charge in [-0.15, -0.1) is 11.3 Å². The van der Waals surface area contributed by atoms with Gasteiger partial charge in [-0.3, -0.25) is 4.98 Å². The van der Waals surface area contributed by atoms with Crippen LogP contribution in [0.4, 0.5) is 0 Å². The molecule has 3 aromatic heterocycles. The van der Waals surface area contributed by atoms with E-state index in [0.29, 0.717) is 11.7 Å².